The Morgan fingerprint density at radius 2 is 1.95 bits per heavy atom. The Bertz CT molecular complexity index is 540. The van der Waals surface area contributed by atoms with E-state index in [0.29, 0.717) is 6.42 Å². The molecule has 0 aliphatic carbocycles. The van der Waals surface area contributed by atoms with Gasteiger partial charge in [0.15, 0.2) is 0 Å². The van der Waals surface area contributed by atoms with E-state index >= 15 is 0 Å². The van der Waals surface area contributed by atoms with Crippen LogP contribution >= 0.6 is 0 Å². The normalized spacial score (nSPS) is 12.2. The van der Waals surface area contributed by atoms with E-state index in [1.54, 1.807) is 13.2 Å². The smallest absolute Gasteiger partial charge is 0.123 e. The summed E-state index contributed by atoms with van der Waals surface area (Å²) in [6.07, 6.45) is 0.615. The Kier molecular flexibility index (Phi) is 4.53. The van der Waals surface area contributed by atoms with Crippen LogP contribution in [-0.2, 0) is 6.42 Å². The van der Waals surface area contributed by atoms with Crippen LogP contribution in [0.25, 0.3) is 0 Å². The highest BCUT2D eigenvalue weighted by molar-refractivity contribution is 5.35. The van der Waals surface area contributed by atoms with Gasteiger partial charge in [-0.25, -0.2) is 4.39 Å². The highest BCUT2D eigenvalue weighted by Crippen LogP contribution is 2.26. The molecule has 2 aromatic carbocycles. The molecule has 0 fully saturated rings. The van der Waals surface area contributed by atoms with Crippen LogP contribution in [0, 0.1) is 5.82 Å². The summed E-state index contributed by atoms with van der Waals surface area (Å²) in [5, 5.41) is 9.53. The first-order chi connectivity index (χ1) is 9.24. The van der Waals surface area contributed by atoms with E-state index in [9.17, 15) is 9.50 Å². The third-order valence-corrected chi connectivity index (χ3v) is 3.20. The Morgan fingerprint density at radius 3 is 2.63 bits per heavy atom. The van der Waals surface area contributed by atoms with Crippen LogP contribution in [-0.4, -0.2) is 18.8 Å². The predicted molar refractivity (Wildman–Crippen MR) is 72.9 cm³/mol. The quantitative estimate of drug-likeness (QED) is 0.894. The molecule has 2 rings (SSSR count). The summed E-state index contributed by atoms with van der Waals surface area (Å²) in [5.41, 5.74) is 1.81. The van der Waals surface area contributed by atoms with Gasteiger partial charge in [-0.3, -0.25) is 0 Å². The Labute approximate surface area is 112 Å². The molecule has 0 saturated heterocycles. The molecule has 19 heavy (non-hydrogen) atoms. The monoisotopic (exact) mass is 260 g/mol. The number of rotatable bonds is 5. The van der Waals surface area contributed by atoms with Crippen LogP contribution in [0.15, 0.2) is 48.5 Å². The van der Waals surface area contributed by atoms with Crippen molar-refractivity contribution in [3.8, 4) is 5.75 Å². The van der Waals surface area contributed by atoms with Gasteiger partial charge >= 0.3 is 0 Å². The second-order valence-electron chi connectivity index (χ2n) is 4.45. The maximum absolute atomic E-state index is 13.2. The summed E-state index contributed by atoms with van der Waals surface area (Å²) >= 11 is 0. The van der Waals surface area contributed by atoms with E-state index in [0.717, 1.165) is 16.9 Å². The predicted octanol–water partition coefficient (Wildman–Crippen LogP) is 3.15. The van der Waals surface area contributed by atoms with E-state index in [2.05, 4.69) is 0 Å². The van der Waals surface area contributed by atoms with Crippen LogP contribution in [0.2, 0.25) is 0 Å². The fourth-order valence-electron chi connectivity index (χ4n) is 2.19. The van der Waals surface area contributed by atoms with Crippen molar-refractivity contribution in [2.24, 2.45) is 0 Å². The lowest BCUT2D eigenvalue weighted by Crippen LogP contribution is -2.09. The minimum absolute atomic E-state index is 0.0263. The zero-order valence-corrected chi connectivity index (χ0v) is 10.8. The van der Waals surface area contributed by atoms with E-state index in [-0.39, 0.29) is 18.3 Å². The van der Waals surface area contributed by atoms with Gasteiger partial charge < -0.3 is 9.84 Å². The maximum atomic E-state index is 13.2. The van der Waals surface area contributed by atoms with Crippen molar-refractivity contribution in [1.29, 1.82) is 0 Å². The minimum Gasteiger partial charge on any atom is -0.496 e. The van der Waals surface area contributed by atoms with Crippen molar-refractivity contribution >= 4 is 0 Å². The molecular formula is C16H17FO2. The number of aliphatic hydroxyl groups is 1. The molecule has 0 heterocycles. The number of hydrogen-bond acceptors (Lipinski definition) is 2. The zero-order chi connectivity index (χ0) is 13.7. The van der Waals surface area contributed by atoms with Crippen LogP contribution in [0.1, 0.15) is 17.0 Å². The van der Waals surface area contributed by atoms with E-state index in [1.807, 2.05) is 30.3 Å². The van der Waals surface area contributed by atoms with Crippen molar-refractivity contribution < 1.29 is 14.2 Å². The van der Waals surface area contributed by atoms with Gasteiger partial charge in [-0.05, 0) is 35.7 Å². The molecule has 0 bridgehead atoms. The lowest BCUT2D eigenvalue weighted by atomic mass is 9.92. The lowest BCUT2D eigenvalue weighted by molar-refractivity contribution is 0.263. The highest BCUT2D eigenvalue weighted by Gasteiger charge is 2.14. The van der Waals surface area contributed by atoms with Gasteiger partial charge in [0, 0.05) is 5.92 Å². The average Bonchev–Trinajstić information content (AvgIpc) is 2.45. The summed E-state index contributed by atoms with van der Waals surface area (Å²) in [6.45, 7) is -0.0263. The largest absolute Gasteiger partial charge is 0.496 e. The van der Waals surface area contributed by atoms with Crippen molar-refractivity contribution in [3.63, 3.8) is 0 Å². The number of ether oxygens (including phenoxy) is 1. The van der Waals surface area contributed by atoms with Crippen LogP contribution in [0.4, 0.5) is 4.39 Å². The van der Waals surface area contributed by atoms with Crippen molar-refractivity contribution in [2.75, 3.05) is 13.7 Å². The molecule has 0 aliphatic heterocycles. The number of benzene rings is 2. The number of hydrogen-bond donors (Lipinski definition) is 1. The summed E-state index contributed by atoms with van der Waals surface area (Å²) in [5.74, 6) is 0.375. The topological polar surface area (TPSA) is 29.5 Å². The molecule has 1 N–H and O–H groups in total. The van der Waals surface area contributed by atoms with Gasteiger partial charge in [-0.15, -0.1) is 0 Å². The second kappa shape index (κ2) is 6.34. The Hall–Kier alpha value is -1.87. The fraction of sp³-hybridized carbons (Fsp3) is 0.250. The van der Waals surface area contributed by atoms with Crippen LogP contribution in [0.3, 0.4) is 0 Å². The third kappa shape index (κ3) is 3.32. The molecule has 0 saturated carbocycles. The number of methoxy groups -OCH3 is 1. The first kappa shape index (κ1) is 13.6. The summed E-state index contributed by atoms with van der Waals surface area (Å²) in [4.78, 5) is 0. The maximum Gasteiger partial charge on any atom is 0.123 e. The zero-order valence-electron chi connectivity index (χ0n) is 10.8. The van der Waals surface area contributed by atoms with Gasteiger partial charge in [0.2, 0.25) is 0 Å². The van der Waals surface area contributed by atoms with E-state index in [4.69, 9.17) is 4.74 Å². The van der Waals surface area contributed by atoms with Gasteiger partial charge in [0.25, 0.3) is 0 Å². The molecule has 100 valence electrons. The second-order valence-corrected chi connectivity index (χ2v) is 4.45. The minimum atomic E-state index is -0.282. The molecule has 1 atom stereocenters. The van der Waals surface area contributed by atoms with Gasteiger partial charge in [-0.2, -0.15) is 0 Å². The van der Waals surface area contributed by atoms with E-state index < -0.39 is 0 Å². The Morgan fingerprint density at radius 1 is 1.16 bits per heavy atom. The summed E-state index contributed by atoms with van der Waals surface area (Å²) in [6, 6.07) is 14.0. The molecule has 2 aromatic rings. The van der Waals surface area contributed by atoms with Crippen molar-refractivity contribution in [2.45, 2.75) is 12.3 Å². The molecule has 1 unspecified atom stereocenters. The number of para-hydroxylation sites is 1. The number of halogens is 1. The third-order valence-electron chi connectivity index (χ3n) is 3.20. The van der Waals surface area contributed by atoms with Crippen molar-refractivity contribution in [3.05, 3.63) is 65.5 Å². The summed E-state index contributed by atoms with van der Waals surface area (Å²) in [7, 11) is 1.62. The number of aliphatic hydroxyl groups excluding tert-OH is 1. The molecule has 0 aliphatic rings. The molecule has 0 spiro atoms. The average molecular weight is 260 g/mol. The standard InChI is InChI=1S/C16H17FO2/c1-19-16-8-3-2-5-13(16)9-14(11-18)12-6-4-7-15(17)10-12/h2-8,10,14,18H,9,11H2,1H3. The highest BCUT2D eigenvalue weighted by atomic mass is 19.1. The molecule has 0 amide bonds. The first-order valence-electron chi connectivity index (χ1n) is 6.23. The van der Waals surface area contributed by atoms with Gasteiger partial charge in [0.05, 0.1) is 13.7 Å². The van der Waals surface area contributed by atoms with Gasteiger partial charge in [-0.1, -0.05) is 30.3 Å². The van der Waals surface area contributed by atoms with Crippen LogP contribution in [0.5, 0.6) is 5.75 Å². The van der Waals surface area contributed by atoms with E-state index in [1.165, 1.54) is 12.1 Å². The molecule has 0 aromatic heterocycles. The van der Waals surface area contributed by atoms with Crippen LogP contribution < -0.4 is 4.74 Å². The molecule has 0 radical (unpaired) electrons. The van der Waals surface area contributed by atoms with Gasteiger partial charge in [0.1, 0.15) is 11.6 Å². The molecular weight excluding hydrogens is 243 g/mol. The summed E-state index contributed by atoms with van der Waals surface area (Å²) < 4.78 is 18.5. The Balaban J connectivity index is 2.24. The lowest BCUT2D eigenvalue weighted by Gasteiger charge is -2.16. The fourth-order valence-corrected chi connectivity index (χ4v) is 2.19. The molecule has 3 heteroatoms. The first-order valence-corrected chi connectivity index (χ1v) is 6.23. The molecule has 2 nitrogen and oxygen atoms in total. The SMILES string of the molecule is COc1ccccc1CC(CO)c1cccc(F)c1. The van der Waals surface area contributed by atoms with Crippen molar-refractivity contribution in [1.82, 2.24) is 0 Å².